The predicted molar refractivity (Wildman–Crippen MR) is 61.5 cm³/mol. The summed E-state index contributed by atoms with van der Waals surface area (Å²) in [5.74, 6) is 0.719. The van der Waals surface area contributed by atoms with Crippen molar-refractivity contribution in [2.75, 3.05) is 5.32 Å². The summed E-state index contributed by atoms with van der Waals surface area (Å²) in [4.78, 5) is 3.97. The van der Waals surface area contributed by atoms with Gasteiger partial charge in [-0.1, -0.05) is 0 Å². The number of nitrogens with zero attached hydrogens (tertiary/aromatic N) is 3. The molecule has 18 heavy (non-hydrogen) atoms. The SMILES string of the molecule is Cc1nc2cc(C(F)(F)F)cc(NC(C)C)n2n1. The van der Waals surface area contributed by atoms with Crippen LogP contribution in [0.25, 0.3) is 5.65 Å². The number of halogens is 3. The maximum atomic E-state index is 12.8. The van der Waals surface area contributed by atoms with E-state index in [2.05, 4.69) is 15.4 Å². The third kappa shape index (κ3) is 2.39. The number of alkyl halides is 3. The molecule has 0 amide bonds. The molecule has 0 fully saturated rings. The molecule has 2 heterocycles. The second-order valence-electron chi connectivity index (χ2n) is 4.36. The van der Waals surface area contributed by atoms with Crippen LogP contribution in [-0.4, -0.2) is 20.6 Å². The van der Waals surface area contributed by atoms with Crippen LogP contribution in [0.4, 0.5) is 19.0 Å². The highest BCUT2D eigenvalue weighted by molar-refractivity contribution is 5.53. The maximum absolute atomic E-state index is 12.8. The van der Waals surface area contributed by atoms with Crippen molar-refractivity contribution in [1.82, 2.24) is 14.6 Å². The van der Waals surface area contributed by atoms with E-state index >= 15 is 0 Å². The number of rotatable bonds is 2. The number of hydrogen-bond donors (Lipinski definition) is 1. The predicted octanol–water partition coefficient (Wildman–Crippen LogP) is 2.88. The zero-order chi connectivity index (χ0) is 13.5. The molecule has 2 aromatic rings. The van der Waals surface area contributed by atoms with Crippen LogP contribution in [0.1, 0.15) is 25.2 Å². The summed E-state index contributed by atoms with van der Waals surface area (Å²) < 4.78 is 39.6. The number of hydrogen-bond acceptors (Lipinski definition) is 3. The van der Waals surface area contributed by atoms with Crippen LogP contribution >= 0.6 is 0 Å². The second kappa shape index (κ2) is 4.15. The van der Waals surface area contributed by atoms with Crippen molar-refractivity contribution in [3.63, 3.8) is 0 Å². The average Bonchev–Trinajstić information content (AvgIpc) is 2.56. The lowest BCUT2D eigenvalue weighted by atomic mass is 10.2. The van der Waals surface area contributed by atoms with Crippen LogP contribution in [0.15, 0.2) is 12.1 Å². The standard InChI is InChI=1S/C11H13F3N4/c1-6(2)15-9-4-8(11(12,13)14)5-10-16-7(3)17-18(9)10/h4-6,15H,1-3H3. The fraction of sp³-hybridized carbons (Fsp3) is 0.455. The van der Waals surface area contributed by atoms with Crippen LogP contribution in [0.5, 0.6) is 0 Å². The molecule has 0 spiro atoms. The molecule has 0 aliphatic carbocycles. The van der Waals surface area contributed by atoms with E-state index in [0.29, 0.717) is 5.82 Å². The molecule has 1 N–H and O–H groups in total. The summed E-state index contributed by atoms with van der Waals surface area (Å²) in [6, 6.07) is 2.04. The molecule has 0 saturated heterocycles. The van der Waals surface area contributed by atoms with Crippen molar-refractivity contribution >= 4 is 11.5 Å². The Balaban J connectivity index is 2.64. The van der Waals surface area contributed by atoms with Crippen molar-refractivity contribution < 1.29 is 13.2 Å². The molecular weight excluding hydrogens is 245 g/mol. The van der Waals surface area contributed by atoms with E-state index in [1.807, 2.05) is 13.8 Å². The van der Waals surface area contributed by atoms with E-state index in [9.17, 15) is 13.2 Å². The van der Waals surface area contributed by atoms with E-state index in [0.717, 1.165) is 12.1 Å². The number of fused-ring (bicyclic) bond motifs is 1. The van der Waals surface area contributed by atoms with Crippen LogP contribution in [0.3, 0.4) is 0 Å². The quantitative estimate of drug-likeness (QED) is 0.900. The molecule has 0 radical (unpaired) electrons. The zero-order valence-electron chi connectivity index (χ0n) is 10.2. The molecule has 0 atom stereocenters. The summed E-state index contributed by atoms with van der Waals surface area (Å²) in [5, 5.41) is 7.00. The number of pyridine rings is 1. The highest BCUT2D eigenvalue weighted by Crippen LogP contribution is 2.31. The van der Waals surface area contributed by atoms with Crippen molar-refractivity contribution in [3.8, 4) is 0 Å². The lowest BCUT2D eigenvalue weighted by Crippen LogP contribution is -2.15. The number of aromatic nitrogens is 3. The first-order chi connectivity index (χ1) is 8.27. The number of nitrogens with one attached hydrogen (secondary N) is 1. The van der Waals surface area contributed by atoms with Gasteiger partial charge in [0.1, 0.15) is 11.6 Å². The van der Waals surface area contributed by atoms with Gasteiger partial charge in [0.05, 0.1) is 5.56 Å². The minimum atomic E-state index is -4.39. The monoisotopic (exact) mass is 258 g/mol. The molecule has 7 heteroatoms. The van der Waals surface area contributed by atoms with Crippen LogP contribution in [-0.2, 0) is 6.18 Å². The minimum Gasteiger partial charge on any atom is -0.368 e. The molecule has 2 rings (SSSR count). The van der Waals surface area contributed by atoms with E-state index in [1.165, 1.54) is 4.52 Å². The van der Waals surface area contributed by atoms with E-state index in [-0.39, 0.29) is 17.5 Å². The fourth-order valence-electron chi connectivity index (χ4n) is 1.65. The smallest absolute Gasteiger partial charge is 0.368 e. The first-order valence-corrected chi connectivity index (χ1v) is 5.48. The lowest BCUT2D eigenvalue weighted by Gasteiger charge is -2.14. The average molecular weight is 258 g/mol. The Morgan fingerprint density at radius 2 is 1.94 bits per heavy atom. The normalized spacial score (nSPS) is 12.4. The van der Waals surface area contributed by atoms with Gasteiger partial charge < -0.3 is 5.32 Å². The molecule has 2 aromatic heterocycles. The minimum absolute atomic E-state index is 0.00110. The summed E-state index contributed by atoms with van der Waals surface area (Å²) in [7, 11) is 0. The second-order valence-corrected chi connectivity index (χ2v) is 4.36. The topological polar surface area (TPSA) is 42.2 Å². The number of anilines is 1. The molecule has 0 aromatic carbocycles. The number of aryl methyl sites for hydroxylation is 1. The van der Waals surface area contributed by atoms with Gasteiger partial charge in [-0.05, 0) is 32.9 Å². The van der Waals surface area contributed by atoms with Gasteiger partial charge >= 0.3 is 6.18 Å². The molecule has 0 saturated carbocycles. The summed E-state index contributed by atoms with van der Waals surface area (Å²) in [6.45, 7) is 5.32. The molecule has 0 unspecified atom stereocenters. The van der Waals surface area contributed by atoms with E-state index in [1.54, 1.807) is 6.92 Å². The molecule has 0 aliphatic heterocycles. The Morgan fingerprint density at radius 3 is 2.50 bits per heavy atom. The van der Waals surface area contributed by atoms with Crippen LogP contribution < -0.4 is 5.32 Å². The van der Waals surface area contributed by atoms with Gasteiger partial charge in [-0.2, -0.15) is 17.7 Å². The lowest BCUT2D eigenvalue weighted by molar-refractivity contribution is -0.137. The maximum Gasteiger partial charge on any atom is 0.416 e. The van der Waals surface area contributed by atoms with Gasteiger partial charge in [0.15, 0.2) is 5.65 Å². The van der Waals surface area contributed by atoms with Crippen LogP contribution in [0.2, 0.25) is 0 Å². The fourth-order valence-corrected chi connectivity index (χ4v) is 1.65. The Bertz CT molecular complexity index is 571. The van der Waals surface area contributed by atoms with Crippen molar-refractivity contribution in [2.24, 2.45) is 0 Å². The molecule has 4 nitrogen and oxygen atoms in total. The largest absolute Gasteiger partial charge is 0.416 e. The Kier molecular flexibility index (Phi) is 2.92. The summed E-state index contributed by atoms with van der Waals surface area (Å²) in [6.07, 6.45) is -4.39. The third-order valence-corrected chi connectivity index (χ3v) is 2.31. The first kappa shape index (κ1) is 12.7. The van der Waals surface area contributed by atoms with Gasteiger partial charge in [0.25, 0.3) is 0 Å². The van der Waals surface area contributed by atoms with Gasteiger partial charge in [-0.3, -0.25) is 0 Å². The zero-order valence-corrected chi connectivity index (χ0v) is 10.2. The highest BCUT2D eigenvalue weighted by Gasteiger charge is 2.32. The van der Waals surface area contributed by atoms with Crippen molar-refractivity contribution in [3.05, 3.63) is 23.5 Å². The Morgan fingerprint density at radius 1 is 1.28 bits per heavy atom. The van der Waals surface area contributed by atoms with Gasteiger partial charge in [0, 0.05) is 6.04 Å². The Labute approximate surface area is 102 Å². The van der Waals surface area contributed by atoms with Gasteiger partial charge in [-0.25, -0.2) is 4.98 Å². The third-order valence-electron chi connectivity index (χ3n) is 2.31. The first-order valence-electron chi connectivity index (χ1n) is 5.48. The van der Waals surface area contributed by atoms with E-state index in [4.69, 9.17) is 0 Å². The summed E-state index contributed by atoms with van der Waals surface area (Å²) in [5.41, 5.74) is -0.545. The van der Waals surface area contributed by atoms with Crippen molar-refractivity contribution in [1.29, 1.82) is 0 Å². The van der Waals surface area contributed by atoms with Gasteiger partial charge in [-0.15, -0.1) is 5.10 Å². The molecular formula is C11H13F3N4. The van der Waals surface area contributed by atoms with Crippen molar-refractivity contribution in [2.45, 2.75) is 33.0 Å². The highest BCUT2D eigenvalue weighted by atomic mass is 19.4. The van der Waals surface area contributed by atoms with E-state index < -0.39 is 11.7 Å². The Hall–Kier alpha value is -1.79. The van der Waals surface area contributed by atoms with Crippen LogP contribution in [0, 0.1) is 6.92 Å². The summed E-state index contributed by atoms with van der Waals surface area (Å²) >= 11 is 0. The molecule has 98 valence electrons. The molecule has 0 bridgehead atoms. The molecule has 0 aliphatic rings. The van der Waals surface area contributed by atoms with Gasteiger partial charge in [0.2, 0.25) is 0 Å².